The molecule has 3 fully saturated rings. The van der Waals surface area contributed by atoms with Crippen LogP contribution in [-0.2, 0) is 17.8 Å². The molecule has 0 radical (unpaired) electrons. The first-order chi connectivity index (χ1) is 25.2. The molecule has 0 bridgehead atoms. The summed E-state index contributed by atoms with van der Waals surface area (Å²) in [5, 5.41) is 15.1. The molecule has 4 aromatic rings. The van der Waals surface area contributed by atoms with E-state index < -0.39 is 18.0 Å². The molecule has 3 atom stereocenters. The summed E-state index contributed by atoms with van der Waals surface area (Å²) < 4.78 is 40.8. The van der Waals surface area contributed by atoms with Crippen molar-refractivity contribution in [2.45, 2.75) is 63.3 Å². The van der Waals surface area contributed by atoms with Gasteiger partial charge in [-0.3, -0.25) is 9.69 Å². The number of alkyl halides is 1. The Morgan fingerprint density at radius 3 is 2.87 bits per heavy atom. The first-order valence-corrected chi connectivity index (χ1v) is 18.0. The molecule has 12 nitrogen and oxygen atoms in total. The molecule has 8 rings (SSSR count). The van der Waals surface area contributed by atoms with Crippen molar-refractivity contribution < 1.29 is 22.8 Å². The minimum atomic E-state index is -0.892. The summed E-state index contributed by atoms with van der Waals surface area (Å²) in [5.74, 6) is 0.656. The van der Waals surface area contributed by atoms with Gasteiger partial charge in [0.2, 0.25) is 5.91 Å². The molecule has 6 heterocycles. The van der Waals surface area contributed by atoms with Gasteiger partial charge in [0.1, 0.15) is 24.4 Å². The monoisotopic (exact) mass is 729 g/mol. The van der Waals surface area contributed by atoms with Crippen molar-refractivity contribution in [2.75, 3.05) is 55.7 Å². The van der Waals surface area contributed by atoms with E-state index >= 15 is 0 Å². The van der Waals surface area contributed by atoms with Crippen molar-refractivity contribution in [1.29, 1.82) is 5.26 Å². The molecule has 4 aliphatic heterocycles. The maximum atomic E-state index is 14.7. The lowest BCUT2D eigenvalue weighted by Gasteiger charge is -2.42. The SMILES string of the molecule is Cc1noc(/C=C/C(=O)N2CCN(c3nc(OC[C@@]45CCCN4C[C@H](F)C5)nc4c3CCN(c3cccc5ccc(F)c(Cl)c35)C4)C[C@@H]2CC#N)n1. The number of aryl methyl sites for hydroxylation is 1. The van der Waals surface area contributed by atoms with Crippen LogP contribution in [-0.4, -0.2) is 99.4 Å². The number of rotatable bonds is 8. The van der Waals surface area contributed by atoms with Crippen LogP contribution in [0.2, 0.25) is 5.02 Å². The van der Waals surface area contributed by atoms with Crippen LogP contribution in [0.4, 0.5) is 20.3 Å². The maximum absolute atomic E-state index is 14.7. The Hall–Kier alpha value is -4.87. The average Bonchev–Trinajstić information content (AvgIpc) is 3.83. The number of piperazine rings is 1. The summed E-state index contributed by atoms with van der Waals surface area (Å²) in [6.07, 6.45) is 4.95. The molecule has 4 aliphatic rings. The zero-order chi connectivity index (χ0) is 36.0. The van der Waals surface area contributed by atoms with E-state index in [0.717, 1.165) is 41.7 Å². The van der Waals surface area contributed by atoms with Gasteiger partial charge in [-0.05, 0) is 50.2 Å². The predicted octanol–water partition coefficient (Wildman–Crippen LogP) is 5.28. The Morgan fingerprint density at radius 1 is 1.15 bits per heavy atom. The number of carbonyl (C=O) groups is 1. The number of ether oxygens (including phenoxy) is 1. The molecule has 270 valence electrons. The highest BCUT2D eigenvalue weighted by Crippen LogP contribution is 2.41. The van der Waals surface area contributed by atoms with Gasteiger partial charge in [0.25, 0.3) is 5.89 Å². The van der Waals surface area contributed by atoms with Crippen molar-refractivity contribution in [2.24, 2.45) is 0 Å². The largest absolute Gasteiger partial charge is 0.461 e. The van der Waals surface area contributed by atoms with Crippen LogP contribution in [0, 0.1) is 24.1 Å². The smallest absolute Gasteiger partial charge is 0.318 e. The van der Waals surface area contributed by atoms with Crippen LogP contribution in [0.15, 0.2) is 40.9 Å². The standard InChI is InChI=1S/C37H38ClF2N9O3/c1-23-42-31(52-45-23)8-9-32(50)49-17-16-47(20-26(49)10-13-41)35-27-11-15-46(30-5-2-4-24-6-7-28(40)34(38)33(24)30)21-29(27)43-36(44-35)51-22-37-12-3-14-48(37)19-25(39)18-37/h2,4-9,25-26H,3,10-12,14-22H2,1H3/b9-8+/t25-,26+,37+/m1/s1. The molecular formula is C37H38ClF2N9O3. The van der Waals surface area contributed by atoms with Crippen molar-refractivity contribution in [1.82, 2.24) is 29.9 Å². The molecule has 15 heteroatoms. The van der Waals surface area contributed by atoms with Crippen molar-refractivity contribution in [3.63, 3.8) is 0 Å². The highest BCUT2D eigenvalue weighted by molar-refractivity contribution is 6.36. The van der Waals surface area contributed by atoms with Crippen LogP contribution < -0.4 is 14.5 Å². The van der Waals surface area contributed by atoms with Crippen LogP contribution in [0.5, 0.6) is 6.01 Å². The topological polar surface area (TPSA) is 128 Å². The molecule has 0 spiro atoms. The Labute approximate surface area is 304 Å². The van der Waals surface area contributed by atoms with Crippen molar-refractivity contribution >= 4 is 45.9 Å². The van der Waals surface area contributed by atoms with E-state index in [2.05, 4.69) is 30.9 Å². The molecular weight excluding hydrogens is 692 g/mol. The quantitative estimate of drug-likeness (QED) is 0.220. The van der Waals surface area contributed by atoms with E-state index in [-0.39, 0.29) is 41.4 Å². The Bertz CT molecular complexity index is 2090. The van der Waals surface area contributed by atoms with E-state index in [9.17, 15) is 18.8 Å². The van der Waals surface area contributed by atoms with Gasteiger partial charge in [-0.1, -0.05) is 35.0 Å². The van der Waals surface area contributed by atoms with Crippen LogP contribution in [0.1, 0.15) is 48.7 Å². The third-order valence-electron chi connectivity index (χ3n) is 10.8. The maximum Gasteiger partial charge on any atom is 0.318 e. The molecule has 2 aromatic carbocycles. The van der Waals surface area contributed by atoms with E-state index in [0.29, 0.717) is 69.1 Å². The number of hydrogen-bond acceptors (Lipinski definition) is 11. The van der Waals surface area contributed by atoms with Gasteiger partial charge in [-0.25, -0.2) is 8.78 Å². The Kier molecular flexibility index (Phi) is 9.17. The molecule has 0 unspecified atom stereocenters. The van der Waals surface area contributed by atoms with Crippen LogP contribution in [0.25, 0.3) is 16.8 Å². The van der Waals surface area contributed by atoms with Crippen molar-refractivity contribution in [3.05, 3.63) is 70.2 Å². The number of fused-ring (bicyclic) bond motifs is 3. The molecule has 1 amide bonds. The zero-order valence-electron chi connectivity index (χ0n) is 28.8. The first kappa shape index (κ1) is 34.2. The van der Waals surface area contributed by atoms with E-state index in [1.54, 1.807) is 17.9 Å². The average molecular weight is 730 g/mol. The molecule has 0 N–H and O–H groups in total. The van der Waals surface area contributed by atoms with Gasteiger partial charge in [-0.2, -0.15) is 20.2 Å². The van der Waals surface area contributed by atoms with Gasteiger partial charge in [0, 0.05) is 67.9 Å². The molecule has 52 heavy (non-hydrogen) atoms. The zero-order valence-corrected chi connectivity index (χ0v) is 29.5. The second-order valence-corrected chi connectivity index (χ2v) is 14.4. The summed E-state index contributed by atoms with van der Waals surface area (Å²) >= 11 is 6.53. The van der Waals surface area contributed by atoms with Gasteiger partial charge in [0.15, 0.2) is 5.82 Å². The summed E-state index contributed by atoms with van der Waals surface area (Å²) in [6.45, 7) is 5.43. The highest BCUT2D eigenvalue weighted by atomic mass is 35.5. The Balaban J connectivity index is 1.10. The van der Waals surface area contributed by atoms with Gasteiger partial charge in [0.05, 0.1) is 41.3 Å². The fraction of sp³-hybridized carbons (Fsp3) is 0.459. The predicted molar refractivity (Wildman–Crippen MR) is 190 cm³/mol. The van der Waals surface area contributed by atoms with E-state index in [4.69, 9.17) is 30.8 Å². The number of anilines is 2. The fourth-order valence-corrected chi connectivity index (χ4v) is 8.63. The van der Waals surface area contributed by atoms with Gasteiger partial charge in [-0.15, -0.1) is 0 Å². The van der Waals surface area contributed by atoms with Gasteiger partial charge >= 0.3 is 6.01 Å². The van der Waals surface area contributed by atoms with Crippen molar-refractivity contribution in [3.8, 4) is 12.1 Å². The highest BCUT2D eigenvalue weighted by Gasteiger charge is 2.49. The summed E-state index contributed by atoms with van der Waals surface area (Å²) in [6, 6.07) is 10.9. The molecule has 3 saturated heterocycles. The third-order valence-corrected chi connectivity index (χ3v) is 11.2. The van der Waals surface area contributed by atoms with Crippen LogP contribution >= 0.6 is 11.6 Å². The summed E-state index contributed by atoms with van der Waals surface area (Å²) in [4.78, 5) is 35.5. The number of hydrogen-bond donors (Lipinski definition) is 0. The number of amides is 1. The lowest BCUT2D eigenvalue weighted by Crippen LogP contribution is -2.55. The summed E-state index contributed by atoms with van der Waals surface area (Å²) in [7, 11) is 0. The number of carbonyl (C=O) groups excluding carboxylic acids is 1. The second kappa shape index (κ2) is 13.9. The van der Waals surface area contributed by atoms with E-state index in [1.807, 2.05) is 18.2 Å². The van der Waals surface area contributed by atoms with E-state index in [1.165, 1.54) is 18.2 Å². The molecule has 2 aromatic heterocycles. The Morgan fingerprint density at radius 2 is 2.04 bits per heavy atom. The number of halogens is 3. The normalized spacial score (nSPS) is 23.3. The lowest BCUT2D eigenvalue weighted by molar-refractivity contribution is -0.128. The number of nitrogens with zero attached hydrogens (tertiary/aromatic N) is 9. The molecule has 0 aliphatic carbocycles. The minimum Gasteiger partial charge on any atom is -0.461 e. The van der Waals surface area contributed by atoms with Crippen LogP contribution in [0.3, 0.4) is 0 Å². The fourth-order valence-electron chi connectivity index (χ4n) is 8.36. The number of benzene rings is 2. The first-order valence-electron chi connectivity index (χ1n) is 17.7. The summed E-state index contributed by atoms with van der Waals surface area (Å²) in [5.41, 5.74) is 2.14. The third kappa shape index (κ3) is 6.41. The number of nitriles is 1. The molecule has 0 saturated carbocycles. The minimum absolute atomic E-state index is 0.0763. The van der Waals surface area contributed by atoms with Gasteiger partial charge < -0.3 is 24.0 Å². The number of aromatic nitrogens is 4. The second-order valence-electron chi connectivity index (χ2n) is 14.0. The lowest BCUT2D eigenvalue weighted by atomic mass is 9.95.